The summed E-state index contributed by atoms with van der Waals surface area (Å²) in [5.74, 6) is -0.0805. The first kappa shape index (κ1) is 16.9. The van der Waals surface area contributed by atoms with Crippen LogP contribution < -0.4 is 5.32 Å². The molecule has 2 aromatic rings. The maximum Gasteiger partial charge on any atom is 0.407 e. The predicted octanol–water partition coefficient (Wildman–Crippen LogP) is 3.22. The number of nitrogens with zero attached hydrogens (tertiary/aromatic N) is 2. The summed E-state index contributed by atoms with van der Waals surface area (Å²) in [6.07, 6.45) is 1.27. The number of rotatable bonds is 4. The van der Waals surface area contributed by atoms with Crippen molar-refractivity contribution in [2.45, 2.75) is 25.8 Å². The molecule has 0 saturated carbocycles. The quantitative estimate of drug-likeness (QED) is 0.903. The maximum atomic E-state index is 12.7. The molecule has 1 N–H and O–H groups in total. The number of alkyl carbamates (subject to hydrolysis) is 1. The van der Waals surface area contributed by atoms with E-state index in [4.69, 9.17) is 4.74 Å². The van der Waals surface area contributed by atoms with Crippen molar-refractivity contribution in [3.63, 3.8) is 0 Å². The van der Waals surface area contributed by atoms with Crippen molar-refractivity contribution < 1.29 is 14.3 Å². The van der Waals surface area contributed by atoms with Gasteiger partial charge in [-0.25, -0.2) is 9.78 Å². The molecule has 1 aliphatic heterocycles. The molecule has 2 aromatic heterocycles. The molecule has 1 unspecified atom stereocenters. The van der Waals surface area contributed by atoms with E-state index in [0.717, 1.165) is 23.4 Å². The maximum absolute atomic E-state index is 12.7. The minimum atomic E-state index is -0.426. The van der Waals surface area contributed by atoms with Crippen LogP contribution in [0.3, 0.4) is 0 Å². The molecule has 2 amide bonds. The number of hydrogen-bond donors (Lipinski definition) is 1. The van der Waals surface area contributed by atoms with Crippen molar-refractivity contribution in [2.24, 2.45) is 0 Å². The van der Waals surface area contributed by atoms with Crippen LogP contribution in [0.15, 0.2) is 22.2 Å². The molecule has 0 bridgehead atoms. The van der Waals surface area contributed by atoms with E-state index in [1.54, 1.807) is 28.5 Å². The van der Waals surface area contributed by atoms with E-state index < -0.39 is 6.09 Å². The van der Waals surface area contributed by atoms with Gasteiger partial charge in [0.25, 0.3) is 5.91 Å². The van der Waals surface area contributed by atoms with E-state index in [9.17, 15) is 9.59 Å². The average molecular weight is 365 g/mol. The normalized spacial score (nSPS) is 17.5. The van der Waals surface area contributed by atoms with E-state index in [1.165, 1.54) is 11.3 Å². The van der Waals surface area contributed by atoms with Gasteiger partial charge in [0, 0.05) is 35.5 Å². The van der Waals surface area contributed by atoms with Crippen molar-refractivity contribution in [1.82, 2.24) is 15.2 Å². The first-order chi connectivity index (χ1) is 11.7. The van der Waals surface area contributed by atoms with E-state index in [-0.39, 0.29) is 11.9 Å². The first-order valence-corrected chi connectivity index (χ1v) is 9.70. The fourth-order valence-electron chi connectivity index (χ4n) is 2.67. The van der Waals surface area contributed by atoms with Crippen LogP contribution in [0.1, 0.15) is 30.3 Å². The second-order valence-corrected chi connectivity index (χ2v) is 7.14. The lowest BCUT2D eigenvalue weighted by Crippen LogP contribution is -2.49. The molecule has 24 heavy (non-hydrogen) atoms. The highest BCUT2D eigenvalue weighted by Crippen LogP contribution is 2.26. The van der Waals surface area contributed by atoms with Crippen LogP contribution in [0, 0.1) is 0 Å². The van der Waals surface area contributed by atoms with Gasteiger partial charge in [-0.05, 0) is 31.2 Å². The molecule has 8 heteroatoms. The van der Waals surface area contributed by atoms with Crippen molar-refractivity contribution in [2.75, 3.05) is 19.7 Å². The fraction of sp³-hybridized carbons (Fsp3) is 0.438. The Labute approximate surface area is 148 Å². The summed E-state index contributed by atoms with van der Waals surface area (Å²) >= 11 is 3.09. The molecule has 3 heterocycles. The zero-order valence-electron chi connectivity index (χ0n) is 13.4. The van der Waals surface area contributed by atoms with E-state index >= 15 is 0 Å². The standard InChI is InChI=1S/C16H19N3O3S2/c1-2-22-16(21)17-12-4-3-6-19(8-12)15(20)13-10-24-14(18-13)11-5-7-23-9-11/h5,7,9-10,12H,2-4,6,8H2,1H3,(H,17,21). The number of carbonyl (C=O) groups is 2. The van der Waals surface area contributed by atoms with Gasteiger partial charge in [0.1, 0.15) is 10.7 Å². The molecule has 1 aliphatic rings. The third-order valence-electron chi connectivity index (χ3n) is 3.80. The van der Waals surface area contributed by atoms with Crippen LogP contribution in [0.2, 0.25) is 0 Å². The number of thiazole rings is 1. The highest BCUT2D eigenvalue weighted by atomic mass is 32.1. The monoisotopic (exact) mass is 365 g/mol. The minimum absolute atomic E-state index is 0.0725. The number of likely N-dealkylation sites (tertiary alicyclic amines) is 1. The summed E-state index contributed by atoms with van der Waals surface area (Å²) in [6, 6.07) is 1.93. The van der Waals surface area contributed by atoms with Crippen LogP contribution in [-0.4, -0.2) is 47.6 Å². The number of nitrogens with one attached hydrogen (secondary N) is 1. The molecule has 6 nitrogen and oxygen atoms in total. The number of ether oxygens (including phenoxy) is 1. The summed E-state index contributed by atoms with van der Waals surface area (Å²) in [5.41, 5.74) is 1.52. The summed E-state index contributed by atoms with van der Waals surface area (Å²) in [5, 5.41) is 9.49. The van der Waals surface area contributed by atoms with Crippen LogP contribution in [0.5, 0.6) is 0 Å². The van der Waals surface area contributed by atoms with Gasteiger partial charge in [-0.1, -0.05) is 0 Å². The topological polar surface area (TPSA) is 71.5 Å². The Hall–Kier alpha value is -1.93. The number of carbonyl (C=O) groups excluding carboxylic acids is 2. The summed E-state index contributed by atoms with van der Waals surface area (Å²) in [7, 11) is 0. The Bertz CT molecular complexity index is 699. The molecular formula is C16H19N3O3S2. The van der Waals surface area contributed by atoms with E-state index in [1.807, 2.05) is 16.8 Å². The van der Waals surface area contributed by atoms with Gasteiger partial charge in [-0.3, -0.25) is 4.79 Å². The zero-order chi connectivity index (χ0) is 16.9. The minimum Gasteiger partial charge on any atom is -0.450 e. The SMILES string of the molecule is CCOC(=O)NC1CCCN(C(=O)c2csc(-c3ccsc3)n2)C1. The molecule has 128 valence electrons. The lowest BCUT2D eigenvalue weighted by Gasteiger charge is -2.32. The van der Waals surface area contributed by atoms with Gasteiger partial charge in [0.05, 0.1) is 6.61 Å². The third-order valence-corrected chi connectivity index (χ3v) is 5.37. The Morgan fingerprint density at radius 1 is 1.46 bits per heavy atom. The largest absolute Gasteiger partial charge is 0.450 e. The molecule has 0 aliphatic carbocycles. The van der Waals surface area contributed by atoms with Crippen molar-refractivity contribution >= 4 is 34.7 Å². The Balaban J connectivity index is 1.63. The summed E-state index contributed by atoms with van der Waals surface area (Å²) in [4.78, 5) is 30.4. The molecule has 0 spiro atoms. The third kappa shape index (κ3) is 3.93. The molecular weight excluding hydrogens is 346 g/mol. The molecule has 1 saturated heterocycles. The zero-order valence-corrected chi connectivity index (χ0v) is 15.0. The van der Waals surface area contributed by atoms with Crippen LogP contribution in [-0.2, 0) is 4.74 Å². The van der Waals surface area contributed by atoms with Gasteiger partial charge < -0.3 is 15.0 Å². The van der Waals surface area contributed by atoms with Crippen molar-refractivity contribution in [3.05, 3.63) is 27.9 Å². The molecule has 3 rings (SSSR count). The predicted molar refractivity (Wildman–Crippen MR) is 94.5 cm³/mol. The van der Waals surface area contributed by atoms with Crippen LogP contribution >= 0.6 is 22.7 Å². The van der Waals surface area contributed by atoms with Gasteiger partial charge >= 0.3 is 6.09 Å². The highest BCUT2D eigenvalue weighted by molar-refractivity contribution is 7.14. The van der Waals surface area contributed by atoms with Gasteiger partial charge in [-0.2, -0.15) is 11.3 Å². The summed E-state index contributed by atoms with van der Waals surface area (Å²) in [6.45, 7) is 3.28. The average Bonchev–Trinajstić information content (AvgIpc) is 3.26. The molecule has 0 radical (unpaired) electrons. The number of thiophene rings is 1. The second kappa shape index (κ2) is 7.76. The Kier molecular flexibility index (Phi) is 5.47. The summed E-state index contributed by atoms with van der Waals surface area (Å²) < 4.78 is 4.91. The number of piperidine rings is 1. The Morgan fingerprint density at radius 3 is 3.08 bits per heavy atom. The fourth-order valence-corrected chi connectivity index (χ4v) is 4.18. The first-order valence-electron chi connectivity index (χ1n) is 7.88. The number of amides is 2. The van der Waals surface area contributed by atoms with Crippen molar-refractivity contribution in [1.29, 1.82) is 0 Å². The Morgan fingerprint density at radius 2 is 2.33 bits per heavy atom. The second-order valence-electron chi connectivity index (χ2n) is 5.51. The number of aromatic nitrogens is 1. The van der Waals surface area contributed by atoms with Crippen molar-refractivity contribution in [3.8, 4) is 10.6 Å². The van der Waals surface area contributed by atoms with Crippen LogP contribution in [0.4, 0.5) is 4.79 Å². The van der Waals surface area contributed by atoms with E-state index in [2.05, 4.69) is 10.3 Å². The van der Waals surface area contributed by atoms with Gasteiger partial charge in [0.15, 0.2) is 0 Å². The highest BCUT2D eigenvalue weighted by Gasteiger charge is 2.27. The van der Waals surface area contributed by atoms with E-state index in [0.29, 0.717) is 25.4 Å². The molecule has 1 fully saturated rings. The lowest BCUT2D eigenvalue weighted by atomic mass is 10.1. The smallest absolute Gasteiger partial charge is 0.407 e. The molecule has 0 aromatic carbocycles. The number of hydrogen-bond acceptors (Lipinski definition) is 6. The lowest BCUT2D eigenvalue weighted by molar-refractivity contribution is 0.0681. The molecule has 1 atom stereocenters. The van der Waals surface area contributed by atoms with Crippen LogP contribution in [0.25, 0.3) is 10.6 Å². The van der Waals surface area contributed by atoms with Gasteiger partial charge in [0.2, 0.25) is 0 Å². The van der Waals surface area contributed by atoms with Gasteiger partial charge in [-0.15, -0.1) is 11.3 Å².